The van der Waals surface area contributed by atoms with E-state index in [1.54, 1.807) is 12.1 Å². The van der Waals surface area contributed by atoms with Gasteiger partial charge in [0.15, 0.2) is 0 Å². The summed E-state index contributed by atoms with van der Waals surface area (Å²) in [4.78, 5) is 12.3. The number of aryl methyl sites for hydroxylation is 1. The molecule has 26 heavy (non-hydrogen) atoms. The van der Waals surface area contributed by atoms with Crippen molar-refractivity contribution in [2.45, 2.75) is 31.5 Å². The fourth-order valence-corrected chi connectivity index (χ4v) is 3.10. The molecule has 2 aromatic carbocycles. The molecule has 0 aromatic heterocycles. The number of fused-ring (bicyclic) bond motifs is 1. The number of halogens is 5. The Bertz CT molecular complexity index is 823. The van der Waals surface area contributed by atoms with Gasteiger partial charge in [-0.25, -0.2) is 4.39 Å². The second-order valence-electron chi connectivity index (χ2n) is 6.07. The highest BCUT2D eigenvalue weighted by molar-refractivity contribution is 5.95. The van der Waals surface area contributed by atoms with Gasteiger partial charge >= 0.3 is 6.18 Å². The lowest BCUT2D eigenvalue weighted by Gasteiger charge is -2.27. The Morgan fingerprint density at radius 2 is 1.88 bits per heavy atom. The van der Waals surface area contributed by atoms with E-state index in [0.717, 1.165) is 24.0 Å². The molecule has 0 aliphatic heterocycles. The molecule has 1 amide bonds. The van der Waals surface area contributed by atoms with Crippen LogP contribution in [0.25, 0.3) is 0 Å². The van der Waals surface area contributed by atoms with Gasteiger partial charge in [0.05, 0.1) is 17.2 Å². The Labute approximate surface area is 154 Å². The van der Waals surface area contributed by atoms with Crippen LogP contribution in [0.5, 0.6) is 0 Å². The van der Waals surface area contributed by atoms with Crippen molar-refractivity contribution in [2.75, 3.05) is 5.73 Å². The van der Waals surface area contributed by atoms with Crippen molar-refractivity contribution in [2.24, 2.45) is 0 Å². The zero-order valence-electron chi connectivity index (χ0n) is 13.6. The van der Waals surface area contributed by atoms with Gasteiger partial charge in [-0.1, -0.05) is 6.07 Å². The highest BCUT2D eigenvalue weighted by atomic mass is 35.5. The number of nitrogen functional groups attached to an aromatic ring is 1. The Hall–Kier alpha value is -2.28. The number of anilines is 1. The van der Waals surface area contributed by atoms with E-state index in [-0.39, 0.29) is 18.4 Å². The quantitative estimate of drug-likeness (QED) is 0.581. The van der Waals surface area contributed by atoms with Gasteiger partial charge in [0.25, 0.3) is 5.91 Å². The molecule has 0 bridgehead atoms. The average molecular weight is 389 g/mol. The molecule has 2 aromatic rings. The Balaban J connectivity index is 0.00000243. The predicted octanol–water partition coefficient (Wildman–Crippen LogP) is 4.66. The van der Waals surface area contributed by atoms with Crippen LogP contribution in [-0.2, 0) is 12.6 Å². The number of rotatable bonds is 2. The monoisotopic (exact) mass is 388 g/mol. The van der Waals surface area contributed by atoms with E-state index in [4.69, 9.17) is 5.73 Å². The minimum atomic E-state index is -4.64. The van der Waals surface area contributed by atoms with Gasteiger partial charge in [0.2, 0.25) is 0 Å². The van der Waals surface area contributed by atoms with Crippen LogP contribution < -0.4 is 11.1 Å². The van der Waals surface area contributed by atoms with Crippen LogP contribution in [0.1, 0.15) is 45.9 Å². The van der Waals surface area contributed by atoms with Crippen molar-refractivity contribution >= 4 is 24.0 Å². The molecule has 8 heteroatoms. The third-order valence-electron chi connectivity index (χ3n) is 4.32. The smallest absolute Gasteiger partial charge is 0.399 e. The van der Waals surface area contributed by atoms with Gasteiger partial charge in [-0.3, -0.25) is 4.79 Å². The highest BCUT2D eigenvalue weighted by Gasteiger charge is 2.32. The molecule has 140 valence electrons. The first-order valence-electron chi connectivity index (χ1n) is 7.81. The summed E-state index contributed by atoms with van der Waals surface area (Å²) >= 11 is 0. The molecule has 0 spiro atoms. The molecule has 3 rings (SSSR count). The van der Waals surface area contributed by atoms with E-state index in [1.165, 1.54) is 0 Å². The zero-order chi connectivity index (χ0) is 18.2. The maximum atomic E-state index is 13.9. The first kappa shape index (κ1) is 20.0. The molecule has 1 atom stereocenters. The molecule has 1 unspecified atom stereocenters. The third kappa shape index (κ3) is 4.09. The van der Waals surface area contributed by atoms with Crippen LogP contribution in [-0.4, -0.2) is 5.91 Å². The number of carbonyl (C=O) groups excluding carboxylic acids is 1. The van der Waals surface area contributed by atoms with Crippen LogP contribution >= 0.6 is 12.4 Å². The molecule has 0 radical (unpaired) electrons. The molecular weight excluding hydrogens is 372 g/mol. The summed E-state index contributed by atoms with van der Waals surface area (Å²) in [5.41, 5.74) is 6.54. The van der Waals surface area contributed by atoms with Crippen LogP contribution in [0.3, 0.4) is 0 Å². The Kier molecular flexibility index (Phi) is 5.81. The zero-order valence-corrected chi connectivity index (χ0v) is 14.4. The second kappa shape index (κ2) is 7.53. The van der Waals surface area contributed by atoms with E-state index in [1.807, 2.05) is 6.07 Å². The lowest BCUT2D eigenvalue weighted by atomic mass is 9.87. The van der Waals surface area contributed by atoms with Gasteiger partial charge in [-0.2, -0.15) is 13.2 Å². The molecule has 1 aliphatic carbocycles. The molecule has 0 saturated heterocycles. The summed E-state index contributed by atoms with van der Waals surface area (Å²) in [5.74, 6) is -1.85. The van der Waals surface area contributed by atoms with E-state index in [0.29, 0.717) is 30.3 Å². The molecule has 0 fully saturated rings. The highest BCUT2D eigenvalue weighted by Crippen LogP contribution is 2.33. The maximum Gasteiger partial charge on any atom is 0.416 e. The molecule has 0 saturated carbocycles. The number of alkyl halides is 3. The summed E-state index contributed by atoms with van der Waals surface area (Å²) in [7, 11) is 0. The molecule has 1 aliphatic rings. The largest absolute Gasteiger partial charge is 0.416 e. The van der Waals surface area contributed by atoms with Crippen LogP contribution in [0.2, 0.25) is 0 Å². The number of carbonyl (C=O) groups is 1. The first-order chi connectivity index (χ1) is 11.8. The molecule has 3 nitrogen and oxygen atoms in total. The lowest BCUT2D eigenvalue weighted by Crippen LogP contribution is -2.31. The summed E-state index contributed by atoms with van der Waals surface area (Å²) in [6, 6.07) is 6.74. The number of hydrogen-bond donors (Lipinski definition) is 2. The van der Waals surface area contributed by atoms with Crippen LogP contribution in [0, 0.1) is 5.82 Å². The Morgan fingerprint density at radius 1 is 1.15 bits per heavy atom. The normalized spacial score (nSPS) is 16.4. The SMILES string of the molecule is Cl.Nc1ccc2c(c1)CCCC2NC(=O)c1cc(C(F)(F)F)ccc1F. The third-order valence-corrected chi connectivity index (χ3v) is 4.32. The fraction of sp³-hybridized carbons (Fsp3) is 0.278. The number of amides is 1. The topological polar surface area (TPSA) is 55.1 Å². The predicted molar refractivity (Wildman–Crippen MR) is 92.6 cm³/mol. The van der Waals surface area contributed by atoms with Crippen molar-refractivity contribution in [1.82, 2.24) is 5.32 Å². The van der Waals surface area contributed by atoms with Gasteiger partial charge in [-0.15, -0.1) is 12.4 Å². The number of nitrogens with two attached hydrogens (primary N) is 1. The minimum Gasteiger partial charge on any atom is -0.399 e. The average Bonchev–Trinajstić information content (AvgIpc) is 2.54. The lowest BCUT2D eigenvalue weighted by molar-refractivity contribution is -0.137. The van der Waals surface area contributed by atoms with Crippen molar-refractivity contribution in [3.63, 3.8) is 0 Å². The maximum absolute atomic E-state index is 13.9. The van der Waals surface area contributed by atoms with Crippen LogP contribution in [0.15, 0.2) is 36.4 Å². The molecular formula is C18H17ClF4N2O. The summed E-state index contributed by atoms with van der Waals surface area (Å²) in [6.07, 6.45) is -2.40. The number of benzene rings is 2. The number of nitrogens with one attached hydrogen (secondary N) is 1. The summed E-state index contributed by atoms with van der Waals surface area (Å²) in [5, 5.41) is 2.64. The van der Waals surface area contributed by atoms with Gasteiger partial charge in [-0.05, 0) is 60.7 Å². The Morgan fingerprint density at radius 3 is 2.58 bits per heavy atom. The van der Waals surface area contributed by atoms with E-state index in [2.05, 4.69) is 5.32 Å². The van der Waals surface area contributed by atoms with Gasteiger partial charge < -0.3 is 11.1 Å². The molecule has 3 N–H and O–H groups in total. The van der Waals surface area contributed by atoms with Crippen molar-refractivity contribution in [3.05, 3.63) is 64.5 Å². The van der Waals surface area contributed by atoms with E-state index >= 15 is 0 Å². The van der Waals surface area contributed by atoms with Crippen molar-refractivity contribution in [3.8, 4) is 0 Å². The summed E-state index contributed by atoms with van der Waals surface area (Å²) in [6.45, 7) is 0. The van der Waals surface area contributed by atoms with Gasteiger partial charge in [0, 0.05) is 5.69 Å². The first-order valence-corrected chi connectivity index (χ1v) is 7.81. The van der Waals surface area contributed by atoms with Gasteiger partial charge in [0.1, 0.15) is 5.82 Å². The second-order valence-corrected chi connectivity index (χ2v) is 6.07. The van der Waals surface area contributed by atoms with E-state index < -0.39 is 29.0 Å². The van der Waals surface area contributed by atoms with E-state index in [9.17, 15) is 22.4 Å². The number of hydrogen-bond acceptors (Lipinski definition) is 2. The van der Waals surface area contributed by atoms with Crippen LogP contribution in [0.4, 0.5) is 23.2 Å². The molecule has 0 heterocycles. The van der Waals surface area contributed by atoms with Crippen molar-refractivity contribution < 1.29 is 22.4 Å². The van der Waals surface area contributed by atoms with Crippen molar-refractivity contribution in [1.29, 1.82) is 0 Å². The minimum absolute atomic E-state index is 0. The summed E-state index contributed by atoms with van der Waals surface area (Å²) < 4.78 is 52.2. The fourth-order valence-electron chi connectivity index (χ4n) is 3.10. The standard InChI is InChI=1S/C18H16F4N2O.ClH/c19-15-7-4-11(18(20,21)22)9-14(15)17(25)24-16-3-1-2-10-8-12(23)5-6-13(10)16;/h4-9,16H,1-3,23H2,(H,24,25);1H.